The van der Waals surface area contributed by atoms with Gasteiger partial charge in [0.1, 0.15) is 16.9 Å². The molecule has 0 spiro atoms. The van der Waals surface area contributed by atoms with Crippen molar-refractivity contribution in [3.8, 4) is 0 Å². The average molecular weight is 540 g/mol. The zero-order valence-electron chi connectivity index (χ0n) is 21.9. The van der Waals surface area contributed by atoms with Crippen LogP contribution >= 0.6 is 23.2 Å². The molecule has 3 rings (SSSR count). The third-order valence-corrected chi connectivity index (χ3v) is 6.72. The molecule has 2 aromatic rings. The lowest BCUT2D eigenvalue weighted by molar-refractivity contribution is -0.156. The number of halogens is 2. The van der Waals surface area contributed by atoms with Crippen molar-refractivity contribution in [3.63, 3.8) is 0 Å². The highest BCUT2D eigenvalue weighted by Crippen LogP contribution is 2.33. The topological polar surface area (TPSA) is 89.9 Å². The van der Waals surface area contributed by atoms with Crippen LogP contribution < -0.4 is 5.32 Å². The summed E-state index contributed by atoms with van der Waals surface area (Å²) < 4.78 is 12.8. The first-order chi connectivity index (χ1) is 16.6. The quantitative estimate of drug-likeness (QED) is 0.512. The van der Waals surface area contributed by atoms with E-state index >= 15 is 0 Å². The predicted molar refractivity (Wildman–Crippen MR) is 141 cm³/mol. The van der Waals surface area contributed by atoms with Gasteiger partial charge in [-0.05, 0) is 66.2 Å². The minimum absolute atomic E-state index is 0.0536. The monoisotopic (exact) mass is 539 g/mol. The first kappa shape index (κ1) is 28.1. The summed E-state index contributed by atoms with van der Waals surface area (Å²) in [6, 6.07) is 4.86. The minimum atomic E-state index is -0.640. The molecule has 2 unspecified atom stereocenters. The molecule has 1 aliphatic heterocycles. The fraction of sp³-hybridized carbons (Fsp3) is 0.577. The van der Waals surface area contributed by atoms with E-state index in [1.807, 2.05) is 6.07 Å². The van der Waals surface area contributed by atoms with E-state index in [4.69, 9.17) is 32.7 Å². The fourth-order valence-corrected chi connectivity index (χ4v) is 4.71. The molecule has 198 valence electrons. The Balaban J connectivity index is 1.82. The number of ether oxygens (including phenoxy) is 2. The molecule has 0 bridgehead atoms. The summed E-state index contributed by atoms with van der Waals surface area (Å²) in [7, 11) is 1.78. The summed E-state index contributed by atoms with van der Waals surface area (Å²) in [4.78, 5) is 40.3. The highest BCUT2D eigenvalue weighted by Gasteiger charge is 2.37. The van der Waals surface area contributed by atoms with Gasteiger partial charge in [-0.25, -0.2) is 4.79 Å². The SMILES string of the molecule is Cn1c(C(=O)NC2CCN(C(=O)OC(C)(C)C)CC2CC(=O)OC(C)(C)C)cc2c(Cl)c(Cl)ccc21. The van der Waals surface area contributed by atoms with Gasteiger partial charge >= 0.3 is 12.1 Å². The van der Waals surface area contributed by atoms with Crippen molar-refractivity contribution in [3.05, 3.63) is 33.9 Å². The number of likely N-dealkylation sites (tertiary alicyclic amines) is 1. The first-order valence-corrected chi connectivity index (χ1v) is 12.8. The van der Waals surface area contributed by atoms with Crippen LogP contribution in [0.3, 0.4) is 0 Å². The van der Waals surface area contributed by atoms with Crippen molar-refractivity contribution in [2.24, 2.45) is 13.0 Å². The number of fused-ring (bicyclic) bond motifs is 1. The molecular weight excluding hydrogens is 505 g/mol. The van der Waals surface area contributed by atoms with Crippen LogP contribution in [0.1, 0.15) is 64.9 Å². The molecule has 1 fully saturated rings. The second kappa shape index (κ2) is 10.5. The third-order valence-electron chi connectivity index (χ3n) is 5.90. The van der Waals surface area contributed by atoms with E-state index in [-0.39, 0.29) is 36.8 Å². The van der Waals surface area contributed by atoms with Crippen LogP contribution in [0.5, 0.6) is 0 Å². The van der Waals surface area contributed by atoms with Crippen LogP contribution in [0.2, 0.25) is 10.0 Å². The van der Waals surface area contributed by atoms with Crippen molar-refractivity contribution in [2.75, 3.05) is 13.1 Å². The highest BCUT2D eigenvalue weighted by molar-refractivity contribution is 6.45. The molecule has 1 N–H and O–H groups in total. The molecule has 0 saturated carbocycles. The highest BCUT2D eigenvalue weighted by atomic mass is 35.5. The van der Waals surface area contributed by atoms with Gasteiger partial charge in [-0.1, -0.05) is 23.2 Å². The number of hydrogen-bond donors (Lipinski definition) is 1. The number of benzene rings is 1. The fourth-order valence-electron chi connectivity index (χ4n) is 4.33. The Labute approximate surface area is 222 Å². The van der Waals surface area contributed by atoms with E-state index < -0.39 is 17.3 Å². The number of hydrogen-bond acceptors (Lipinski definition) is 5. The number of nitrogens with zero attached hydrogens (tertiary/aromatic N) is 2. The number of carbonyl (C=O) groups is 3. The molecule has 1 saturated heterocycles. The molecule has 8 nitrogen and oxygen atoms in total. The number of carbonyl (C=O) groups excluding carboxylic acids is 3. The van der Waals surface area contributed by atoms with Crippen LogP contribution in [-0.4, -0.2) is 57.8 Å². The number of amides is 2. The zero-order chi connectivity index (χ0) is 27.0. The number of rotatable bonds is 4. The smallest absolute Gasteiger partial charge is 0.410 e. The zero-order valence-corrected chi connectivity index (χ0v) is 23.4. The Bertz CT molecular complexity index is 1160. The molecule has 2 heterocycles. The molecule has 0 aliphatic carbocycles. The summed E-state index contributed by atoms with van der Waals surface area (Å²) in [5.41, 5.74) is -0.0834. The molecule has 10 heteroatoms. The second-order valence-electron chi connectivity index (χ2n) is 11.2. The molecule has 1 aromatic heterocycles. The molecular formula is C26H35Cl2N3O5. The maximum atomic E-state index is 13.3. The second-order valence-corrected chi connectivity index (χ2v) is 12.0. The van der Waals surface area contributed by atoms with Gasteiger partial charge in [0.15, 0.2) is 0 Å². The van der Waals surface area contributed by atoms with Gasteiger partial charge in [0.2, 0.25) is 0 Å². The molecule has 2 atom stereocenters. The van der Waals surface area contributed by atoms with Gasteiger partial charge < -0.3 is 24.3 Å². The Hall–Kier alpha value is -2.45. The van der Waals surface area contributed by atoms with Gasteiger partial charge in [-0.3, -0.25) is 9.59 Å². The standard InChI is InChI=1S/C26H35Cl2N3O5/c1-25(2,3)35-21(32)12-15-14-31(24(34)36-26(4,5)6)11-10-18(15)29-23(33)20-13-16-19(30(20)7)9-8-17(27)22(16)28/h8-9,13,15,18H,10-12,14H2,1-7H3,(H,29,33). The normalized spacial score (nSPS) is 18.8. The van der Waals surface area contributed by atoms with Crippen LogP contribution in [-0.2, 0) is 21.3 Å². The molecule has 36 heavy (non-hydrogen) atoms. The summed E-state index contributed by atoms with van der Waals surface area (Å²) in [6.07, 6.45) is 0.0780. The molecule has 1 aliphatic rings. The van der Waals surface area contributed by atoms with Crippen LogP contribution in [0.25, 0.3) is 10.9 Å². The molecule has 2 amide bonds. The number of piperidine rings is 1. The number of aromatic nitrogens is 1. The summed E-state index contributed by atoms with van der Waals surface area (Å²) in [5, 5.41) is 4.55. The lowest BCUT2D eigenvalue weighted by atomic mass is 9.89. The Kier molecular flexibility index (Phi) is 8.20. The van der Waals surface area contributed by atoms with Crippen LogP contribution in [0.4, 0.5) is 4.79 Å². The predicted octanol–water partition coefficient (Wildman–Crippen LogP) is 5.57. The van der Waals surface area contributed by atoms with E-state index in [2.05, 4.69) is 5.32 Å². The maximum absolute atomic E-state index is 13.3. The van der Waals surface area contributed by atoms with Crippen molar-refractivity contribution in [1.29, 1.82) is 0 Å². The Morgan fingerprint density at radius 1 is 1.06 bits per heavy atom. The summed E-state index contributed by atoms with van der Waals surface area (Å²) >= 11 is 12.5. The van der Waals surface area contributed by atoms with E-state index in [0.29, 0.717) is 34.1 Å². The van der Waals surface area contributed by atoms with Gasteiger partial charge in [0.05, 0.1) is 16.5 Å². The summed E-state index contributed by atoms with van der Waals surface area (Å²) in [6.45, 7) is 11.5. The number of nitrogens with one attached hydrogen (secondary N) is 1. The molecule has 0 radical (unpaired) electrons. The van der Waals surface area contributed by atoms with Crippen LogP contribution in [0, 0.1) is 5.92 Å². The van der Waals surface area contributed by atoms with E-state index in [1.54, 1.807) is 70.2 Å². The Morgan fingerprint density at radius 3 is 2.31 bits per heavy atom. The van der Waals surface area contributed by atoms with E-state index in [1.165, 1.54) is 0 Å². The van der Waals surface area contributed by atoms with Crippen molar-refractivity contribution in [1.82, 2.24) is 14.8 Å². The largest absolute Gasteiger partial charge is 0.460 e. The maximum Gasteiger partial charge on any atom is 0.410 e. The first-order valence-electron chi connectivity index (χ1n) is 12.0. The lowest BCUT2D eigenvalue weighted by Gasteiger charge is -2.39. The average Bonchev–Trinajstić information content (AvgIpc) is 3.06. The van der Waals surface area contributed by atoms with Gasteiger partial charge in [0, 0.05) is 43.0 Å². The van der Waals surface area contributed by atoms with Gasteiger partial charge in [0.25, 0.3) is 5.91 Å². The van der Waals surface area contributed by atoms with Crippen LogP contribution in [0.15, 0.2) is 18.2 Å². The van der Waals surface area contributed by atoms with E-state index in [0.717, 1.165) is 5.52 Å². The minimum Gasteiger partial charge on any atom is -0.460 e. The van der Waals surface area contributed by atoms with Crippen molar-refractivity contribution in [2.45, 2.75) is 71.6 Å². The summed E-state index contributed by atoms with van der Waals surface area (Å²) in [5.74, 6) is -1.03. The number of esters is 1. The van der Waals surface area contributed by atoms with E-state index in [9.17, 15) is 14.4 Å². The molecule has 1 aromatic carbocycles. The lowest BCUT2D eigenvalue weighted by Crippen LogP contribution is -2.54. The van der Waals surface area contributed by atoms with Gasteiger partial charge in [-0.15, -0.1) is 0 Å². The van der Waals surface area contributed by atoms with Gasteiger partial charge in [-0.2, -0.15) is 0 Å². The van der Waals surface area contributed by atoms with Crippen molar-refractivity contribution < 1.29 is 23.9 Å². The third kappa shape index (κ3) is 6.85. The Morgan fingerprint density at radius 2 is 1.69 bits per heavy atom. The number of aryl methyl sites for hydroxylation is 1. The van der Waals surface area contributed by atoms with Crippen molar-refractivity contribution >= 4 is 52.1 Å².